The van der Waals surface area contributed by atoms with E-state index >= 15 is 0 Å². The molecule has 0 spiro atoms. The summed E-state index contributed by atoms with van der Waals surface area (Å²) < 4.78 is 30.2. The number of rotatable bonds is 5. The second kappa shape index (κ2) is 6.95. The lowest BCUT2D eigenvalue weighted by Crippen LogP contribution is -2.46. The van der Waals surface area contributed by atoms with Crippen molar-refractivity contribution in [1.82, 2.24) is 4.31 Å². The van der Waals surface area contributed by atoms with Gasteiger partial charge < -0.3 is 9.84 Å². The Labute approximate surface area is 131 Å². The zero-order chi connectivity index (χ0) is 17.1. The summed E-state index contributed by atoms with van der Waals surface area (Å²) in [6.07, 6.45) is 2.76. The van der Waals surface area contributed by atoms with Gasteiger partial charge in [0.15, 0.2) is 0 Å². The zero-order valence-electron chi connectivity index (χ0n) is 13.5. The van der Waals surface area contributed by atoms with Crippen LogP contribution >= 0.6 is 0 Å². The first-order valence-corrected chi connectivity index (χ1v) is 9.16. The molecule has 0 unspecified atom stereocenters. The summed E-state index contributed by atoms with van der Waals surface area (Å²) >= 11 is 0. The van der Waals surface area contributed by atoms with Gasteiger partial charge in [0.25, 0.3) is 0 Å². The molecule has 7 nitrogen and oxygen atoms in total. The van der Waals surface area contributed by atoms with Crippen LogP contribution in [0.2, 0.25) is 0 Å². The molecule has 0 heterocycles. The second-order valence-corrected chi connectivity index (χ2v) is 8.67. The largest absolute Gasteiger partial charge is 0.481 e. The van der Waals surface area contributed by atoms with Crippen molar-refractivity contribution in [3.05, 3.63) is 0 Å². The predicted octanol–water partition coefficient (Wildman–Crippen LogP) is 1.23. The summed E-state index contributed by atoms with van der Waals surface area (Å²) in [5, 5.41) is 8.99. The Morgan fingerprint density at radius 3 is 2.05 bits per heavy atom. The molecule has 1 rings (SSSR count). The molecule has 0 aromatic rings. The Hall–Kier alpha value is -1.15. The first kappa shape index (κ1) is 18.9. The summed E-state index contributed by atoms with van der Waals surface area (Å²) in [5.74, 6) is -1.88. The van der Waals surface area contributed by atoms with E-state index in [1.165, 1.54) is 0 Å². The molecule has 1 aliphatic carbocycles. The van der Waals surface area contributed by atoms with Crippen molar-refractivity contribution in [3.8, 4) is 0 Å². The summed E-state index contributed by atoms with van der Waals surface area (Å²) in [6.45, 7) is 4.81. The minimum absolute atomic E-state index is 0.335. The maximum atomic E-state index is 11.9. The van der Waals surface area contributed by atoms with E-state index in [1.54, 1.807) is 20.8 Å². The van der Waals surface area contributed by atoms with E-state index in [1.807, 2.05) is 0 Å². The van der Waals surface area contributed by atoms with E-state index in [0.29, 0.717) is 25.7 Å². The number of sulfonamides is 1. The zero-order valence-corrected chi connectivity index (χ0v) is 14.4. The number of carboxylic acids is 1. The number of carbonyl (C=O) groups is 2. The van der Waals surface area contributed by atoms with Gasteiger partial charge in [-0.25, -0.2) is 8.42 Å². The Balaban J connectivity index is 2.75. The number of ether oxygens (including phenoxy) is 1. The smallest absolute Gasteiger partial charge is 0.321 e. The number of carboxylic acid groups (broad SMARTS) is 1. The summed E-state index contributed by atoms with van der Waals surface area (Å²) in [5.41, 5.74) is -0.679. The van der Waals surface area contributed by atoms with E-state index in [9.17, 15) is 18.0 Å². The lowest BCUT2D eigenvalue weighted by Gasteiger charge is -2.34. The van der Waals surface area contributed by atoms with Gasteiger partial charge in [0.2, 0.25) is 10.0 Å². The Kier molecular flexibility index (Phi) is 5.97. The number of carbonyl (C=O) groups excluding carboxylic acids is 1. The number of hydrogen-bond acceptors (Lipinski definition) is 5. The maximum absolute atomic E-state index is 11.9. The molecule has 1 N–H and O–H groups in total. The fourth-order valence-corrected chi connectivity index (χ4v) is 3.72. The molecule has 22 heavy (non-hydrogen) atoms. The number of aliphatic carboxylic acids is 1. The molecule has 0 atom stereocenters. The normalized spacial score (nSPS) is 23.3. The van der Waals surface area contributed by atoms with Gasteiger partial charge in [-0.3, -0.25) is 9.59 Å². The average molecular weight is 335 g/mol. The SMILES string of the molecule is CC(C)(C)OC(=O)CN([C@H]1CC[C@H](C(=O)O)CC1)S(C)(=O)=O. The fourth-order valence-electron chi connectivity index (χ4n) is 2.63. The Morgan fingerprint density at radius 1 is 1.18 bits per heavy atom. The highest BCUT2D eigenvalue weighted by atomic mass is 32.2. The van der Waals surface area contributed by atoms with Crippen molar-refractivity contribution in [2.75, 3.05) is 12.8 Å². The molecule has 0 saturated heterocycles. The summed E-state index contributed by atoms with van der Waals surface area (Å²) in [7, 11) is -3.57. The van der Waals surface area contributed by atoms with Gasteiger partial charge in [-0.2, -0.15) is 4.31 Å². The van der Waals surface area contributed by atoms with Gasteiger partial charge in [-0.1, -0.05) is 0 Å². The van der Waals surface area contributed by atoms with Gasteiger partial charge in [-0.15, -0.1) is 0 Å². The minimum atomic E-state index is -3.57. The van der Waals surface area contributed by atoms with Crippen LogP contribution in [0, 0.1) is 5.92 Å². The minimum Gasteiger partial charge on any atom is -0.481 e. The van der Waals surface area contributed by atoms with E-state index in [4.69, 9.17) is 9.84 Å². The average Bonchev–Trinajstić information content (AvgIpc) is 2.32. The quantitative estimate of drug-likeness (QED) is 0.758. The molecule has 1 saturated carbocycles. The molecule has 0 aromatic carbocycles. The van der Waals surface area contributed by atoms with Crippen molar-refractivity contribution in [3.63, 3.8) is 0 Å². The van der Waals surface area contributed by atoms with Crippen LogP contribution in [0.5, 0.6) is 0 Å². The van der Waals surface area contributed by atoms with Crippen LogP contribution in [0.15, 0.2) is 0 Å². The van der Waals surface area contributed by atoms with Crippen molar-refractivity contribution in [2.45, 2.75) is 58.1 Å². The molecule has 1 fully saturated rings. The molecule has 128 valence electrons. The highest BCUT2D eigenvalue weighted by Gasteiger charge is 2.35. The van der Waals surface area contributed by atoms with E-state index in [2.05, 4.69) is 0 Å². The van der Waals surface area contributed by atoms with E-state index < -0.39 is 33.5 Å². The number of hydrogen-bond donors (Lipinski definition) is 1. The third kappa shape index (κ3) is 5.92. The highest BCUT2D eigenvalue weighted by molar-refractivity contribution is 7.88. The van der Waals surface area contributed by atoms with Crippen molar-refractivity contribution < 1.29 is 27.9 Å². The Morgan fingerprint density at radius 2 is 1.68 bits per heavy atom. The molecule has 8 heteroatoms. The van der Waals surface area contributed by atoms with Crippen LogP contribution in [0.25, 0.3) is 0 Å². The van der Waals surface area contributed by atoms with Crippen molar-refractivity contribution >= 4 is 22.0 Å². The van der Waals surface area contributed by atoms with Gasteiger partial charge in [0.05, 0.1) is 12.2 Å². The molecule has 0 radical (unpaired) electrons. The first-order valence-electron chi connectivity index (χ1n) is 7.31. The second-order valence-electron chi connectivity index (χ2n) is 6.74. The third-order valence-corrected chi connectivity index (χ3v) is 4.86. The molecule has 1 aliphatic rings. The van der Waals surface area contributed by atoms with Crippen LogP contribution in [0.1, 0.15) is 46.5 Å². The van der Waals surface area contributed by atoms with E-state index in [0.717, 1.165) is 10.6 Å². The molecule has 0 bridgehead atoms. The number of nitrogens with zero attached hydrogens (tertiary/aromatic N) is 1. The fraction of sp³-hybridized carbons (Fsp3) is 0.857. The molecule has 0 aromatic heterocycles. The summed E-state index contributed by atoms with van der Waals surface area (Å²) in [6, 6.07) is -0.349. The summed E-state index contributed by atoms with van der Waals surface area (Å²) in [4.78, 5) is 22.9. The van der Waals surface area contributed by atoms with Gasteiger partial charge in [-0.05, 0) is 46.5 Å². The topological polar surface area (TPSA) is 101 Å². The maximum Gasteiger partial charge on any atom is 0.321 e. The van der Waals surface area contributed by atoms with Crippen molar-refractivity contribution in [1.29, 1.82) is 0 Å². The lowest BCUT2D eigenvalue weighted by molar-refractivity contribution is -0.155. The van der Waals surface area contributed by atoms with Crippen LogP contribution < -0.4 is 0 Å². The highest BCUT2D eigenvalue weighted by Crippen LogP contribution is 2.29. The monoisotopic (exact) mass is 335 g/mol. The number of esters is 1. The van der Waals surface area contributed by atoms with Crippen molar-refractivity contribution in [2.24, 2.45) is 5.92 Å². The predicted molar refractivity (Wildman–Crippen MR) is 80.8 cm³/mol. The molecular formula is C14H25NO6S. The van der Waals surface area contributed by atoms with Crippen LogP contribution in [0.3, 0.4) is 0 Å². The molecular weight excluding hydrogens is 310 g/mol. The van der Waals surface area contributed by atoms with Crippen LogP contribution in [0.4, 0.5) is 0 Å². The van der Waals surface area contributed by atoms with Gasteiger partial charge in [0, 0.05) is 6.04 Å². The lowest BCUT2D eigenvalue weighted by atomic mass is 9.86. The van der Waals surface area contributed by atoms with E-state index in [-0.39, 0.29) is 12.6 Å². The molecule has 0 amide bonds. The van der Waals surface area contributed by atoms with Crippen LogP contribution in [-0.2, 0) is 24.3 Å². The van der Waals surface area contributed by atoms with Gasteiger partial charge >= 0.3 is 11.9 Å². The van der Waals surface area contributed by atoms with Crippen LogP contribution in [-0.4, -0.2) is 54.2 Å². The first-order chi connectivity index (χ1) is 9.90. The third-order valence-electron chi connectivity index (χ3n) is 3.58. The molecule has 0 aliphatic heterocycles. The standard InChI is InChI=1S/C14H25NO6S/c1-14(2,3)21-12(16)9-15(22(4,19)20)11-7-5-10(6-8-11)13(17)18/h10-11H,5-9H2,1-4H3,(H,17,18)/t10-,11-. The van der Waals surface area contributed by atoms with Gasteiger partial charge in [0.1, 0.15) is 12.1 Å². The Bertz CT molecular complexity index is 514.